The fourth-order valence-corrected chi connectivity index (χ4v) is 7.68. The molecule has 0 saturated heterocycles. The first-order valence-corrected chi connectivity index (χ1v) is 12.8. The number of nitrogens with one attached hydrogen (secondary N) is 1. The molecule has 3 aliphatic carbocycles. The molecule has 3 aliphatic rings. The van der Waals surface area contributed by atoms with Crippen molar-refractivity contribution in [3.05, 3.63) is 40.4 Å². The number of aromatic nitrogens is 1. The Morgan fingerprint density at radius 3 is 2.88 bits per heavy atom. The van der Waals surface area contributed by atoms with Crippen LogP contribution in [0.4, 0.5) is 5.13 Å². The lowest BCUT2D eigenvalue weighted by atomic mass is 9.53. The van der Waals surface area contributed by atoms with Crippen LogP contribution in [0.1, 0.15) is 67.4 Å². The number of carbonyl (C=O) groups excluding carboxylic acids is 2. The second-order valence-corrected chi connectivity index (χ2v) is 11.6. The molecule has 0 spiro atoms. The van der Waals surface area contributed by atoms with E-state index in [0.717, 1.165) is 37.0 Å². The number of thiazole rings is 1. The summed E-state index contributed by atoms with van der Waals surface area (Å²) in [5.41, 5.74) is 2.79. The quantitative estimate of drug-likeness (QED) is 0.588. The van der Waals surface area contributed by atoms with E-state index in [-0.39, 0.29) is 17.2 Å². The van der Waals surface area contributed by atoms with Gasteiger partial charge in [0.05, 0.1) is 0 Å². The first-order chi connectivity index (χ1) is 15.8. The Morgan fingerprint density at radius 2 is 2.15 bits per heavy atom. The van der Waals surface area contributed by atoms with Crippen LogP contribution in [-0.4, -0.2) is 33.8 Å². The third kappa shape index (κ3) is 4.06. The first-order valence-electron chi connectivity index (χ1n) is 12.0. The third-order valence-corrected chi connectivity index (χ3v) is 9.33. The molecule has 1 amide bonds. The predicted octanol–water partition coefficient (Wildman–Crippen LogP) is 3.20. The highest BCUT2D eigenvalue weighted by molar-refractivity contribution is 7.15. The summed E-state index contributed by atoms with van der Waals surface area (Å²) in [7, 11) is -1.45. The third-order valence-electron chi connectivity index (χ3n) is 8.50. The number of anilines is 1. The van der Waals surface area contributed by atoms with Crippen LogP contribution in [0, 0.1) is 30.1 Å². The fraction of sp³-hybridized carbons (Fsp3) is 0.560. The minimum atomic E-state index is -1.45. The molecule has 2 saturated carbocycles. The van der Waals surface area contributed by atoms with Gasteiger partial charge in [0.25, 0.3) is 0 Å². The zero-order valence-electron chi connectivity index (χ0n) is 19.2. The van der Waals surface area contributed by atoms with E-state index in [0.29, 0.717) is 47.0 Å². The molecule has 2 fully saturated rings. The van der Waals surface area contributed by atoms with Crippen LogP contribution in [-0.2, 0) is 16.0 Å². The number of nitrogens with zero attached hydrogens (tertiary/aromatic N) is 1. The monoisotopic (exact) mass is 466 g/mol. The number of aryl methyl sites for hydroxylation is 2. The van der Waals surface area contributed by atoms with Gasteiger partial charge in [-0.3, -0.25) is 9.59 Å². The maximum atomic E-state index is 13.2. The van der Waals surface area contributed by atoms with Crippen molar-refractivity contribution >= 4 is 40.7 Å². The molecule has 1 aromatic carbocycles. The van der Waals surface area contributed by atoms with Crippen LogP contribution in [0.15, 0.2) is 24.4 Å². The van der Waals surface area contributed by atoms with E-state index >= 15 is 0 Å². The van der Waals surface area contributed by atoms with Crippen molar-refractivity contribution < 1.29 is 19.6 Å². The summed E-state index contributed by atoms with van der Waals surface area (Å²) in [6, 6.07) is 5.83. The number of hydrogen-bond donors (Lipinski definition) is 3. The molecule has 33 heavy (non-hydrogen) atoms. The molecule has 0 bridgehead atoms. The summed E-state index contributed by atoms with van der Waals surface area (Å²) in [6.07, 6.45) is 7.27. The minimum Gasteiger partial charge on any atom is -0.423 e. The van der Waals surface area contributed by atoms with E-state index in [1.165, 1.54) is 22.5 Å². The zero-order valence-corrected chi connectivity index (χ0v) is 20.0. The second-order valence-electron chi connectivity index (χ2n) is 10.4. The van der Waals surface area contributed by atoms with Gasteiger partial charge in [-0.05, 0) is 79.3 Å². The average molecular weight is 466 g/mol. The number of carbonyl (C=O) groups is 2. The highest BCUT2D eigenvalue weighted by Crippen LogP contribution is 2.62. The molecule has 5 atom stereocenters. The number of hydrogen-bond acceptors (Lipinski definition) is 6. The van der Waals surface area contributed by atoms with Gasteiger partial charge in [0.15, 0.2) is 5.13 Å². The summed E-state index contributed by atoms with van der Waals surface area (Å²) < 4.78 is 0. The van der Waals surface area contributed by atoms with Gasteiger partial charge in [-0.25, -0.2) is 4.98 Å². The maximum absolute atomic E-state index is 13.2. The van der Waals surface area contributed by atoms with Gasteiger partial charge in [-0.15, -0.1) is 11.3 Å². The Bertz CT molecular complexity index is 1090. The Morgan fingerprint density at radius 1 is 1.33 bits per heavy atom. The predicted molar refractivity (Wildman–Crippen MR) is 129 cm³/mol. The van der Waals surface area contributed by atoms with E-state index in [4.69, 9.17) is 0 Å². The lowest BCUT2D eigenvalue weighted by Gasteiger charge is -2.50. The van der Waals surface area contributed by atoms with Crippen LogP contribution in [0.3, 0.4) is 0 Å². The summed E-state index contributed by atoms with van der Waals surface area (Å²) in [5.74, 6) is 1.71. The second kappa shape index (κ2) is 8.64. The van der Waals surface area contributed by atoms with Crippen molar-refractivity contribution in [2.75, 3.05) is 5.32 Å². The minimum absolute atomic E-state index is 0.0261. The van der Waals surface area contributed by atoms with Gasteiger partial charge in [0.2, 0.25) is 5.91 Å². The Labute approximate surface area is 199 Å². The van der Waals surface area contributed by atoms with Gasteiger partial charge in [-0.1, -0.05) is 25.1 Å². The largest absolute Gasteiger partial charge is 0.488 e. The topological polar surface area (TPSA) is 99.5 Å². The molecule has 0 aliphatic heterocycles. The summed E-state index contributed by atoms with van der Waals surface area (Å²) in [5, 5.41) is 22.7. The number of benzene rings is 1. The van der Waals surface area contributed by atoms with E-state index in [2.05, 4.69) is 23.3 Å². The van der Waals surface area contributed by atoms with Crippen LogP contribution >= 0.6 is 11.3 Å². The van der Waals surface area contributed by atoms with Crippen molar-refractivity contribution in [2.24, 2.45) is 23.2 Å². The summed E-state index contributed by atoms with van der Waals surface area (Å²) in [6.45, 7) is 4.13. The standard InChI is InChI=1S/C25H31BN2O4S/c1-14-13-27-24(33-14)28-22(30)8-4-16-12-21(29)25(2)10-9-19-18-7-5-17(26(31)32)11-15(18)3-6-20(19)23(16)25/h5,7,11,13,16,19-20,23,31-32H,3-4,6,8-10,12H2,1-2H3,(H,27,28,30)/t16-,19?,20?,23?,25-/m1/s1. The van der Waals surface area contributed by atoms with Gasteiger partial charge < -0.3 is 15.4 Å². The smallest absolute Gasteiger partial charge is 0.423 e. The van der Waals surface area contributed by atoms with Crippen LogP contribution in [0.2, 0.25) is 0 Å². The lowest BCUT2D eigenvalue weighted by Crippen LogP contribution is -2.44. The van der Waals surface area contributed by atoms with Crippen molar-refractivity contribution in [1.29, 1.82) is 0 Å². The molecule has 3 unspecified atom stereocenters. The summed E-state index contributed by atoms with van der Waals surface area (Å²) >= 11 is 1.47. The van der Waals surface area contributed by atoms with Crippen molar-refractivity contribution in [3.63, 3.8) is 0 Å². The van der Waals surface area contributed by atoms with Crippen molar-refractivity contribution in [2.45, 2.75) is 64.7 Å². The molecular weight excluding hydrogens is 435 g/mol. The number of fused-ring (bicyclic) bond motifs is 5. The molecular formula is C25H31BN2O4S. The van der Waals surface area contributed by atoms with Crippen LogP contribution in [0.5, 0.6) is 0 Å². The molecule has 1 heterocycles. The maximum Gasteiger partial charge on any atom is 0.488 e. The van der Waals surface area contributed by atoms with Crippen molar-refractivity contribution in [1.82, 2.24) is 4.98 Å². The Balaban J connectivity index is 1.33. The number of ketones is 1. The molecule has 1 aromatic heterocycles. The SMILES string of the molecule is Cc1cnc(NC(=O)CC[C@@H]2CC(=O)[C@@]3(C)CCC4c5ccc(B(O)O)cc5CCC4C23)s1. The van der Waals surface area contributed by atoms with E-state index in [9.17, 15) is 19.6 Å². The molecule has 0 radical (unpaired) electrons. The number of Topliss-reactive ketones (excluding diaryl/α,β-unsaturated/α-hetero) is 1. The van der Waals surface area contributed by atoms with Gasteiger partial charge in [0.1, 0.15) is 5.78 Å². The highest BCUT2D eigenvalue weighted by Gasteiger charge is 2.58. The normalized spacial score (nSPS) is 30.4. The van der Waals surface area contributed by atoms with Gasteiger partial charge in [0, 0.05) is 29.3 Å². The molecule has 2 aromatic rings. The van der Waals surface area contributed by atoms with E-state index in [1.807, 2.05) is 19.1 Å². The zero-order chi connectivity index (χ0) is 23.3. The first kappa shape index (κ1) is 22.8. The molecule has 5 rings (SSSR count). The van der Waals surface area contributed by atoms with Crippen LogP contribution in [0.25, 0.3) is 0 Å². The Hall–Kier alpha value is -2.03. The number of rotatable bonds is 5. The Kier molecular flexibility index (Phi) is 5.96. The highest BCUT2D eigenvalue weighted by atomic mass is 32.1. The molecule has 8 heteroatoms. The summed E-state index contributed by atoms with van der Waals surface area (Å²) in [4.78, 5) is 31.0. The lowest BCUT2D eigenvalue weighted by molar-refractivity contribution is -0.129. The van der Waals surface area contributed by atoms with Gasteiger partial charge >= 0.3 is 7.12 Å². The van der Waals surface area contributed by atoms with Crippen molar-refractivity contribution in [3.8, 4) is 0 Å². The van der Waals surface area contributed by atoms with E-state index in [1.54, 1.807) is 6.20 Å². The molecule has 6 nitrogen and oxygen atoms in total. The van der Waals surface area contributed by atoms with Gasteiger partial charge in [-0.2, -0.15) is 0 Å². The van der Waals surface area contributed by atoms with E-state index < -0.39 is 7.12 Å². The molecule has 174 valence electrons. The number of amides is 1. The van der Waals surface area contributed by atoms with Crippen LogP contribution < -0.4 is 10.8 Å². The molecule has 3 N–H and O–H groups in total. The average Bonchev–Trinajstić information content (AvgIpc) is 3.31. The fourth-order valence-electron chi connectivity index (χ4n) is 7.00.